The first kappa shape index (κ1) is 86.6. The minimum absolute atomic E-state index is 0.0293. The van der Waals surface area contributed by atoms with E-state index >= 15 is 4.39 Å². The number of rotatable bonds is 49. The number of halogens is 1. The zero-order valence-corrected chi connectivity index (χ0v) is 64.7. The van der Waals surface area contributed by atoms with E-state index in [0.29, 0.717) is 183 Å². The molecular weight excluding hydrogens is 1480 g/mol. The molecule has 0 saturated carbocycles. The number of ether oxygens (including phenoxy) is 12. The summed E-state index contributed by atoms with van der Waals surface area (Å²) < 4.78 is 108. The topological polar surface area (TPSA) is 416 Å². The van der Waals surface area contributed by atoms with Gasteiger partial charge >= 0.3 is 12.1 Å². The minimum Gasteiger partial charge on any atom is -0.457 e. The number of carbonyl (C=O) groups excluding carboxylic acids is 6. The molecule has 608 valence electrons. The monoisotopic (exact) mass is 1580 g/mol. The van der Waals surface area contributed by atoms with Crippen LogP contribution >= 0.6 is 0 Å². The molecule has 0 fully saturated rings. The number of sulfone groups is 1. The maximum atomic E-state index is 15.4. The molecule has 3 atom stereocenters. The van der Waals surface area contributed by atoms with Crippen LogP contribution in [0.3, 0.4) is 0 Å². The number of hydrogen-bond acceptors (Lipinski definition) is 28. The van der Waals surface area contributed by atoms with Gasteiger partial charge in [0.2, 0.25) is 44.2 Å². The third-order valence-electron chi connectivity index (χ3n) is 18.4. The van der Waals surface area contributed by atoms with Crippen LogP contribution in [0, 0.1) is 24.6 Å². The van der Waals surface area contributed by atoms with Crippen LogP contribution in [0.5, 0.6) is 0 Å². The normalized spacial score (nSPS) is 15.0. The molecule has 0 saturated heterocycles. The van der Waals surface area contributed by atoms with Gasteiger partial charge in [-0.15, -0.1) is 5.10 Å². The highest BCUT2D eigenvalue weighted by Crippen LogP contribution is 2.47. The molecule has 2 aromatic carbocycles. The Balaban J connectivity index is 0.543. The fourth-order valence-corrected chi connectivity index (χ4v) is 13.1. The van der Waals surface area contributed by atoms with Gasteiger partial charge in [0.1, 0.15) is 44.0 Å². The molecular formula is C76H100FN13O21S. The number of nitrogens with two attached hydrogens (primary N) is 1. The van der Waals surface area contributed by atoms with E-state index in [0.717, 1.165) is 34.8 Å². The summed E-state index contributed by atoms with van der Waals surface area (Å²) in [5.74, 6) is 2.79. The van der Waals surface area contributed by atoms with Crippen molar-refractivity contribution in [2.75, 3.05) is 158 Å². The first-order chi connectivity index (χ1) is 54.2. The molecule has 0 radical (unpaired) electrons. The van der Waals surface area contributed by atoms with Crippen molar-refractivity contribution in [1.29, 1.82) is 0 Å². The van der Waals surface area contributed by atoms with Crippen molar-refractivity contribution < 1.29 is 98.4 Å². The molecule has 0 bridgehead atoms. The number of esters is 1. The van der Waals surface area contributed by atoms with Crippen molar-refractivity contribution in [2.45, 2.75) is 127 Å². The lowest BCUT2D eigenvalue weighted by molar-refractivity contribution is -0.175. The van der Waals surface area contributed by atoms with E-state index in [9.17, 15) is 42.0 Å². The Morgan fingerprint density at radius 1 is 0.786 bits per heavy atom. The number of nitrogens with zero attached hydrogens (tertiary/aromatic N) is 8. The molecule has 4 amide bonds. The molecule has 112 heavy (non-hydrogen) atoms. The Bertz CT molecular complexity index is 4410. The Kier molecular flexibility index (Phi) is 34.2. The molecule has 6 N–H and O–H groups in total. The zero-order chi connectivity index (χ0) is 79.8. The van der Waals surface area contributed by atoms with Crippen LogP contribution in [-0.4, -0.2) is 242 Å². The summed E-state index contributed by atoms with van der Waals surface area (Å²) in [6, 6.07) is 8.43. The highest BCUT2D eigenvalue weighted by Gasteiger charge is 2.51. The number of aromatic nitrogens is 7. The molecule has 34 nitrogen and oxygen atoms in total. The van der Waals surface area contributed by atoms with Crippen LogP contribution in [0.2, 0.25) is 0 Å². The number of unbranched alkanes of at least 4 members (excludes halogenated alkanes) is 2. The number of anilines is 1. The van der Waals surface area contributed by atoms with Crippen molar-refractivity contribution in [3.63, 3.8) is 0 Å². The first-order valence-electron chi connectivity index (χ1n) is 37.3. The van der Waals surface area contributed by atoms with Gasteiger partial charge in [-0.3, -0.25) is 24.0 Å². The maximum Gasteiger partial charge on any atom is 0.510 e. The average Bonchev–Trinajstić information content (AvgIpc) is 1.51. The third-order valence-corrected chi connectivity index (χ3v) is 19.3. The quantitative estimate of drug-likeness (QED) is 0.0157. The summed E-state index contributed by atoms with van der Waals surface area (Å²) in [7, 11) is 0.498. The summed E-state index contributed by atoms with van der Waals surface area (Å²) in [5.41, 5.74) is 10.2. The predicted octanol–water partition coefficient (Wildman–Crippen LogP) is 3.58. The fourth-order valence-electron chi connectivity index (χ4n) is 12.7. The Morgan fingerprint density at radius 3 is 2.04 bits per heavy atom. The van der Waals surface area contributed by atoms with Gasteiger partial charge in [0.25, 0.3) is 5.56 Å². The molecule has 0 spiro atoms. The lowest BCUT2D eigenvalue weighted by Crippen LogP contribution is -2.47. The van der Waals surface area contributed by atoms with Gasteiger partial charge < -0.3 is 93.3 Å². The van der Waals surface area contributed by atoms with Crippen LogP contribution in [0.25, 0.3) is 22.3 Å². The number of pyridine rings is 2. The van der Waals surface area contributed by atoms with Crippen molar-refractivity contribution in [3.05, 3.63) is 121 Å². The fraction of sp³-hybridized carbons (Fsp3) is 0.553. The summed E-state index contributed by atoms with van der Waals surface area (Å²) >= 11 is 0. The number of fused-ring (bicyclic) bond motifs is 5. The van der Waals surface area contributed by atoms with Gasteiger partial charge in [-0.2, -0.15) is 0 Å². The molecule has 6 aromatic rings. The summed E-state index contributed by atoms with van der Waals surface area (Å²) in [6.45, 7) is 9.32. The number of hydrogen-bond donors (Lipinski definition) is 5. The van der Waals surface area contributed by atoms with Crippen LogP contribution in [-0.2, 0) is 136 Å². The summed E-state index contributed by atoms with van der Waals surface area (Å²) in [6.07, 6.45) is 8.25. The molecule has 4 aromatic heterocycles. The molecule has 2 aliphatic heterocycles. The molecule has 0 unspecified atom stereocenters. The van der Waals surface area contributed by atoms with Gasteiger partial charge in [0.05, 0.1) is 160 Å². The third kappa shape index (κ3) is 25.3. The molecule has 36 heteroatoms. The highest BCUT2D eigenvalue weighted by molar-refractivity contribution is 7.90. The van der Waals surface area contributed by atoms with Crippen molar-refractivity contribution in [1.82, 2.24) is 55.4 Å². The van der Waals surface area contributed by atoms with Gasteiger partial charge in [0, 0.05) is 72.3 Å². The van der Waals surface area contributed by atoms with Gasteiger partial charge in [-0.25, -0.2) is 42.0 Å². The molecule has 9 rings (SSSR count). The number of benzene rings is 2. The van der Waals surface area contributed by atoms with Gasteiger partial charge in [-0.05, 0) is 113 Å². The van der Waals surface area contributed by atoms with E-state index < -0.39 is 70.1 Å². The number of nitrogens with one attached hydrogen (secondary N) is 4. The van der Waals surface area contributed by atoms with E-state index in [2.05, 4.69) is 58.3 Å². The predicted molar refractivity (Wildman–Crippen MR) is 401 cm³/mol. The van der Waals surface area contributed by atoms with Crippen molar-refractivity contribution in [2.24, 2.45) is 5.73 Å². The number of amides is 4. The van der Waals surface area contributed by atoms with E-state index in [-0.39, 0.29) is 99.4 Å². The number of cyclic esters (lactones) is 1. The van der Waals surface area contributed by atoms with Gasteiger partial charge in [-0.1, -0.05) is 36.1 Å². The highest BCUT2D eigenvalue weighted by atomic mass is 32.2. The Hall–Kier alpha value is -9.36. The van der Waals surface area contributed by atoms with Crippen molar-refractivity contribution >= 4 is 62.2 Å². The molecule has 1 aliphatic carbocycles. The number of aryl methyl sites for hydroxylation is 1. The smallest absolute Gasteiger partial charge is 0.457 e. The largest absolute Gasteiger partial charge is 0.510 e. The first-order valence-corrected chi connectivity index (χ1v) is 39.2. The lowest BCUT2D eigenvalue weighted by Gasteiger charge is -2.35. The second kappa shape index (κ2) is 44.2. The Morgan fingerprint density at radius 2 is 1.42 bits per heavy atom. The van der Waals surface area contributed by atoms with Gasteiger partial charge in [0.15, 0.2) is 0 Å². The van der Waals surface area contributed by atoms with Crippen LogP contribution < -0.4 is 32.6 Å². The van der Waals surface area contributed by atoms with E-state index in [4.69, 9.17) is 67.6 Å². The second-order valence-corrected chi connectivity index (χ2v) is 28.6. The van der Waals surface area contributed by atoms with E-state index in [1.54, 1.807) is 59.6 Å². The van der Waals surface area contributed by atoms with Crippen molar-refractivity contribution in [3.8, 4) is 23.2 Å². The van der Waals surface area contributed by atoms with Crippen LogP contribution in [0.4, 0.5) is 14.9 Å². The Labute approximate surface area is 648 Å². The SMILES string of the molecule is CC[C@@]1(OC(=O)OCc2ccc(NC(=O)[C@H](CCCCN)NC(=O)COCC(=O)NCCOCCOCCOCCOCCOCCOCCOCCOCCn3cc(CNC(=O)CCCC#Cc4cnc(S(C)(=O)=O)nc4)nn3)cc2)C(=O)OCc2c1cc1n(c2=O)Cc2c-1nc1cc(F)c(C)c3c1c2[C@@H](N(C)C)CC3. The minimum atomic E-state index is -3.48. The van der Waals surface area contributed by atoms with Crippen LogP contribution in [0.15, 0.2) is 64.9 Å². The summed E-state index contributed by atoms with van der Waals surface area (Å²) in [4.78, 5) is 108. The number of carbonyl (C=O) groups is 6. The molecule has 6 heterocycles. The van der Waals surface area contributed by atoms with E-state index in [1.807, 2.05) is 14.1 Å². The van der Waals surface area contributed by atoms with E-state index in [1.165, 1.54) is 18.5 Å². The zero-order valence-electron chi connectivity index (χ0n) is 63.9. The summed E-state index contributed by atoms with van der Waals surface area (Å²) in [5, 5.41) is 19.7. The maximum absolute atomic E-state index is 15.4. The lowest BCUT2D eigenvalue weighted by atomic mass is 9.81. The second-order valence-electron chi connectivity index (χ2n) is 26.7. The van der Waals surface area contributed by atoms with Crippen LogP contribution in [0.1, 0.15) is 115 Å². The average molecular weight is 1580 g/mol. The molecule has 3 aliphatic rings. The standard InChI is InChI=1S/C76H100FN13O21S/c1-6-76(59-40-64-70-57(46-90(64)72(95)58(59)48-109-73(76)96)69-63(88(3)4)20-19-56-51(2)60(77)41-62(85-70)68(56)69)111-75(97)110-47-52-15-17-54(18-16-52)83-71(94)61(13-10-11-21-78)84-67(93)50-108-49-66(92)79-22-24-100-26-28-102-30-32-104-34-36-106-38-39-107-37-35-105-33-31-103-29-27-101-25-23-89-45-55(86-87-89)44-80-65(91)14-9-7-8-12-53-42-81-74(82-43-53)112(5,98)99/h15-18,40-43,45,61,63H,6-7,9-11,13-14,19-39,44,46-50,78H2,1-5H3,(H,79,92)(H,80,91)(H,83,94)(H,84,93)/t61-,63-,76-/m0/s1.